The Labute approximate surface area is 151 Å². The number of carbonyl (C=O) groups is 1. The average molecular weight is 348 g/mol. The van der Waals surface area contributed by atoms with Crippen molar-refractivity contribution in [2.45, 2.75) is 71.9 Å². The number of nitrogens with zero attached hydrogens (tertiary/aromatic N) is 4. The number of hydrogen-bond donors (Lipinski definition) is 1. The zero-order chi connectivity index (χ0) is 17.8. The van der Waals surface area contributed by atoms with E-state index in [-0.39, 0.29) is 5.91 Å². The summed E-state index contributed by atoms with van der Waals surface area (Å²) < 4.78 is 2.02. The van der Waals surface area contributed by atoms with Crippen molar-refractivity contribution in [2.24, 2.45) is 11.8 Å². The van der Waals surface area contributed by atoms with E-state index in [9.17, 15) is 4.79 Å². The number of piperidine rings is 1. The fourth-order valence-corrected chi connectivity index (χ4v) is 4.41. The van der Waals surface area contributed by atoms with E-state index in [1.165, 1.54) is 25.7 Å². The van der Waals surface area contributed by atoms with E-state index in [1.807, 2.05) is 18.5 Å². The maximum Gasteiger partial charge on any atom is 0.234 e. The summed E-state index contributed by atoms with van der Waals surface area (Å²) in [5, 5.41) is 7.77. The van der Waals surface area contributed by atoms with Crippen LogP contribution in [0.15, 0.2) is 0 Å². The Hall–Kier alpha value is -1.43. The second-order valence-corrected chi connectivity index (χ2v) is 8.07. The first kappa shape index (κ1) is 18.4. The van der Waals surface area contributed by atoms with Gasteiger partial charge in [-0.25, -0.2) is 9.67 Å². The maximum atomic E-state index is 12.5. The van der Waals surface area contributed by atoms with Crippen LogP contribution in [0.2, 0.25) is 0 Å². The molecule has 0 radical (unpaired) electrons. The third-order valence-corrected chi connectivity index (χ3v) is 5.82. The molecule has 6 nitrogen and oxygen atoms in total. The van der Waals surface area contributed by atoms with E-state index in [0.717, 1.165) is 44.1 Å². The van der Waals surface area contributed by atoms with Crippen molar-refractivity contribution < 1.29 is 4.79 Å². The average Bonchev–Trinajstić information content (AvgIpc) is 2.87. The Balaban J connectivity index is 1.47. The van der Waals surface area contributed by atoms with E-state index < -0.39 is 0 Å². The zero-order valence-electron chi connectivity index (χ0n) is 16.0. The lowest BCUT2D eigenvalue weighted by atomic mass is 9.86. The number of hydrogen-bond acceptors (Lipinski definition) is 4. The van der Waals surface area contributed by atoms with Crippen LogP contribution in [0, 0.1) is 25.7 Å². The molecular weight excluding hydrogens is 314 g/mol. The third-order valence-electron chi connectivity index (χ3n) is 5.82. The first-order valence-corrected chi connectivity index (χ1v) is 9.91. The van der Waals surface area contributed by atoms with Gasteiger partial charge < -0.3 is 5.32 Å². The fourth-order valence-electron chi connectivity index (χ4n) is 4.41. The Kier molecular flexibility index (Phi) is 6.10. The summed E-state index contributed by atoms with van der Waals surface area (Å²) in [4.78, 5) is 19.2. The summed E-state index contributed by atoms with van der Waals surface area (Å²) in [5.41, 5.74) is 0. The maximum absolute atomic E-state index is 12.5. The fraction of sp³-hybridized carbons (Fsp3) is 0.842. The molecule has 3 rings (SSSR count). The number of amides is 1. The molecule has 3 atom stereocenters. The minimum Gasteiger partial charge on any atom is -0.352 e. The first-order valence-electron chi connectivity index (χ1n) is 9.91. The van der Waals surface area contributed by atoms with E-state index in [1.54, 1.807) is 0 Å². The smallest absolute Gasteiger partial charge is 0.234 e. The van der Waals surface area contributed by atoms with E-state index in [4.69, 9.17) is 0 Å². The van der Waals surface area contributed by atoms with Crippen LogP contribution >= 0.6 is 0 Å². The van der Waals surface area contributed by atoms with Crippen LogP contribution < -0.4 is 5.32 Å². The summed E-state index contributed by atoms with van der Waals surface area (Å²) in [5.74, 6) is 3.19. The minimum atomic E-state index is 0.201. The highest BCUT2D eigenvalue weighted by Gasteiger charge is 2.26. The van der Waals surface area contributed by atoms with Crippen molar-refractivity contribution in [3.05, 3.63) is 11.6 Å². The van der Waals surface area contributed by atoms with Gasteiger partial charge in [0.25, 0.3) is 0 Å². The van der Waals surface area contributed by atoms with E-state index >= 15 is 0 Å². The Morgan fingerprint density at radius 3 is 2.72 bits per heavy atom. The normalized spacial score (nSPS) is 28.0. The summed E-state index contributed by atoms with van der Waals surface area (Å²) in [6.45, 7) is 9.67. The molecule has 2 aliphatic rings. The van der Waals surface area contributed by atoms with Gasteiger partial charge in [-0.2, -0.15) is 5.10 Å². The predicted molar refractivity (Wildman–Crippen MR) is 98.2 cm³/mol. The van der Waals surface area contributed by atoms with Gasteiger partial charge in [-0.1, -0.05) is 19.8 Å². The number of aromatic nitrogens is 3. The highest BCUT2D eigenvalue weighted by molar-refractivity contribution is 5.78. The predicted octanol–water partition coefficient (Wildman–Crippen LogP) is 2.30. The van der Waals surface area contributed by atoms with Crippen LogP contribution in [-0.4, -0.2) is 51.2 Å². The number of aryl methyl sites for hydroxylation is 2. The van der Waals surface area contributed by atoms with Gasteiger partial charge in [-0.15, -0.1) is 0 Å². The number of likely N-dealkylation sites (tertiary alicyclic amines) is 1. The van der Waals surface area contributed by atoms with Crippen molar-refractivity contribution in [1.82, 2.24) is 25.0 Å². The summed E-state index contributed by atoms with van der Waals surface area (Å²) in [6, 6.07) is 0.377. The number of nitrogens with one attached hydrogen (secondary N) is 1. The van der Waals surface area contributed by atoms with Gasteiger partial charge in [0, 0.05) is 19.1 Å². The van der Waals surface area contributed by atoms with Crippen molar-refractivity contribution in [1.29, 1.82) is 0 Å². The van der Waals surface area contributed by atoms with Gasteiger partial charge in [0.2, 0.25) is 5.91 Å². The summed E-state index contributed by atoms with van der Waals surface area (Å²) in [6.07, 6.45) is 7.30. The van der Waals surface area contributed by atoms with Crippen LogP contribution in [0.25, 0.3) is 0 Å². The molecule has 140 valence electrons. The lowest BCUT2D eigenvalue weighted by Gasteiger charge is -2.34. The molecule has 1 aromatic rings. The van der Waals surface area contributed by atoms with Gasteiger partial charge in [0.15, 0.2) is 0 Å². The van der Waals surface area contributed by atoms with Crippen LogP contribution in [-0.2, 0) is 11.3 Å². The molecule has 0 spiro atoms. The lowest BCUT2D eigenvalue weighted by Crippen LogP contribution is -2.48. The molecule has 3 unspecified atom stereocenters. The largest absolute Gasteiger partial charge is 0.352 e. The van der Waals surface area contributed by atoms with Crippen LogP contribution in [0.1, 0.15) is 57.1 Å². The molecule has 2 heterocycles. The van der Waals surface area contributed by atoms with Crippen molar-refractivity contribution in [3.8, 4) is 0 Å². The van der Waals surface area contributed by atoms with Gasteiger partial charge in [-0.3, -0.25) is 9.69 Å². The van der Waals surface area contributed by atoms with Gasteiger partial charge in [0.1, 0.15) is 11.6 Å². The topological polar surface area (TPSA) is 63.1 Å². The molecule has 1 aliphatic heterocycles. The summed E-state index contributed by atoms with van der Waals surface area (Å²) >= 11 is 0. The monoisotopic (exact) mass is 347 g/mol. The number of rotatable bonds is 5. The minimum absolute atomic E-state index is 0.201. The van der Waals surface area contributed by atoms with Crippen LogP contribution in [0.4, 0.5) is 0 Å². The Morgan fingerprint density at radius 2 is 2.00 bits per heavy atom. The molecule has 0 aromatic carbocycles. The molecule has 1 aromatic heterocycles. The Morgan fingerprint density at radius 1 is 1.20 bits per heavy atom. The molecule has 2 fully saturated rings. The highest BCUT2D eigenvalue weighted by atomic mass is 16.2. The first-order chi connectivity index (χ1) is 12.0. The third kappa shape index (κ3) is 5.03. The lowest BCUT2D eigenvalue weighted by molar-refractivity contribution is -0.124. The molecule has 25 heavy (non-hydrogen) atoms. The second-order valence-electron chi connectivity index (χ2n) is 8.07. The van der Waals surface area contributed by atoms with E-state index in [0.29, 0.717) is 24.4 Å². The van der Waals surface area contributed by atoms with Crippen molar-refractivity contribution >= 4 is 5.91 Å². The molecule has 1 aliphatic carbocycles. The molecule has 1 amide bonds. The standard InChI is InChI=1S/C19H33N5O/c1-14-7-4-5-9-18(14)21-19(25)13-23-10-6-8-17(11-23)12-24-16(3)20-15(2)22-24/h14,17-18H,4-13H2,1-3H3,(H,21,25). The molecule has 0 bridgehead atoms. The molecule has 6 heteroatoms. The zero-order valence-corrected chi connectivity index (χ0v) is 16.0. The second kappa shape index (κ2) is 8.30. The molecule has 1 saturated heterocycles. The summed E-state index contributed by atoms with van der Waals surface area (Å²) in [7, 11) is 0. The van der Waals surface area contributed by atoms with Crippen molar-refractivity contribution in [2.75, 3.05) is 19.6 Å². The van der Waals surface area contributed by atoms with Crippen LogP contribution in [0.5, 0.6) is 0 Å². The highest BCUT2D eigenvalue weighted by Crippen LogP contribution is 2.24. The Bertz CT molecular complexity index is 584. The van der Waals surface area contributed by atoms with Gasteiger partial charge >= 0.3 is 0 Å². The van der Waals surface area contributed by atoms with Gasteiger partial charge in [0.05, 0.1) is 6.54 Å². The SMILES string of the molecule is Cc1nc(C)n(CC2CCCN(CC(=O)NC3CCCCC3C)C2)n1. The quantitative estimate of drug-likeness (QED) is 0.888. The van der Waals surface area contributed by atoms with E-state index in [2.05, 4.69) is 27.2 Å². The number of carbonyl (C=O) groups excluding carboxylic acids is 1. The van der Waals surface area contributed by atoms with Crippen molar-refractivity contribution in [3.63, 3.8) is 0 Å². The van der Waals surface area contributed by atoms with Crippen LogP contribution in [0.3, 0.4) is 0 Å². The molecule has 1 N–H and O–H groups in total. The molecular formula is C19H33N5O. The van der Waals surface area contributed by atoms with Gasteiger partial charge in [-0.05, 0) is 57.9 Å². The molecule has 1 saturated carbocycles.